The molecular formula is C6H19NSi2. The van der Waals surface area contributed by atoms with E-state index in [0.29, 0.717) is 0 Å². The van der Waals surface area contributed by atoms with E-state index in [1.165, 1.54) is 33.3 Å². The molecule has 0 spiro atoms. The Balaban J connectivity index is 3.22. The monoisotopic (exact) mass is 161 g/mol. The molecular weight excluding hydrogens is 142 g/mol. The maximum Gasteiger partial charge on any atom is 0.0241 e. The van der Waals surface area contributed by atoms with Crippen LogP contribution in [0.2, 0.25) is 0 Å². The predicted octanol–water partition coefficient (Wildman–Crippen LogP) is -1.22. The molecule has 0 aromatic rings. The number of hydrogen-bond donors (Lipinski definition) is 1. The van der Waals surface area contributed by atoms with Gasteiger partial charge in [0.05, 0.1) is 0 Å². The highest BCUT2D eigenvalue weighted by Gasteiger charge is 2.00. The summed E-state index contributed by atoms with van der Waals surface area (Å²) in [4.78, 5) is 0. The van der Waals surface area contributed by atoms with Crippen molar-refractivity contribution in [3.05, 3.63) is 0 Å². The molecule has 3 heteroatoms. The van der Waals surface area contributed by atoms with E-state index in [9.17, 15) is 0 Å². The van der Waals surface area contributed by atoms with Gasteiger partial charge in [0.1, 0.15) is 0 Å². The Morgan fingerprint density at radius 3 is 1.67 bits per heavy atom. The smallest absolute Gasteiger partial charge is 0.0241 e. The Labute approximate surface area is 64.5 Å². The fraction of sp³-hybridized carbons (Fsp3) is 1.00. The van der Waals surface area contributed by atoms with Crippen LogP contribution < -0.4 is 5.32 Å². The second kappa shape index (κ2) is 5.20. The van der Waals surface area contributed by atoms with Gasteiger partial charge in [-0.05, 0) is 24.2 Å². The summed E-state index contributed by atoms with van der Waals surface area (Å²) >= 11 is 0. The summed E-state index contributed by atoms with van der Waals surface area (Å²) in [5.74, 6) is 0. The zero-order valence-corrected chi connectivity index (χ0v) is 11.1. The van der Waals surface area contributed by atoms with E-state index in [1.807, 2.05) is 0 Å². The topological polar surface area (TPSA) is 12.0 Å². The Morgan fingerprint density at radius 1 is 1.11 bits per heavy atom. The first-order chi connectivity index (χ1) is 4.20. The van der Waals surface area contributed by atoms with Gasteiger partial charge in [0, 0.05) is 20.5 Å². The van der Waals surface area contributed by atoms with Gasteiger partial charge in [-0.25, -0.2) is 0 Å². The van der Waals surface area contributed by atoms with Gasteiger partial charge in [0.15, 0.2) is 0 Å². The molecule has 0 amide bonds. The van der Waals surface area contributed by atoms with Crippen LogP contribution in [0.4, 0.5) is 0 Å². The van der Waals surface area contributed by atoms with Crippen LogP contribution in [-0.2, 0) is 0 Å². The quantitative estimate of drug-likeness (QED) is 0.510. The molecule has 1 nitrogen and oxygen atoms in total. The number of rotatable bonds is 4. The van der Waals surface area contributed by atoms with E-state index >= 15 is 0 Å². The molecule has 0 aliphatic carbocycles. The minimum Gasteiger partial charge on any atom is -0.318 e. The van der Waals surface area contributed by atoms with Gasteiger partial charge < -0.3 is 5.32 Å². The first-order valence-electron chi connectivity index (χ1n) is 3.96. The molecule has 0 aromatic carbocycles. The van der Waals surface area contributed by atoms with Crippen LogP contribution in [0.5, 0.6) is 0 Å². The lowest BCUT2D eigenvalue weighted by Crippen LogP contribution is -2.38. The van der Waals surface area contributed by atoms with Gasteiger partial charge in [-0.3, -0.25) is 0 Å². The molecule has 0 saturated carbocycles. The standard InChI is InChI=1S/C6H19NSi2/c1-3-5(8)7-6(9)4-2/h5-7H,3-4H2,1-2,8-9H3. The van der Waals surface area contributed by atoms with Crippen molar-refractivity contribution in [3.8, 4) is 0 Å². The van der Waals surface area contributed by atoms with E-state index in [2.05, 4.69) is 19.2 Å². The van der Waals surface area contributed by atoms with Gasteiger partial charge in [-0.1, -0.05) is 13.8 Å². The van der Waals surface area contributed by atoms with E-state index in [-0.39, 0.29) is 0 Å². The highest BCUT2D eigenvalue weighted by atomic mass is 28.1. The van der Waals surface area contributed by atoms with Crippen LogP contribution in [0.3, 0.4) is 0 Å². The van der Waals surface area contributed by atoms with Crippen molar-refractivity contribution in [1.82, 2.24) is 5.32 Å². The highest BCUT2D eigenvalue weighted by Crippen LogP contribution is 1.88. The summed E-state index contributed by atoms with van der Waals surface area (Å²) in [5, 5.41) is 3.60. The van der Waals surface area contributed by atoms with Gasteiger partial charge in [0.25, 0.3) is 0 Å². The third kappa shape index (κ3) is 4.87. The minimum atomic E-state index is 0.854. The van der Waals surface area contributed by atoms with Crippen LogP contribution >= 0.6 is 0 Å². The van der Waals surface area contributed by atoms with Crippen molar-refractivity contribution in [2.24, 2.45) is 0 Å². The molecule has 0 aliphatic rings. The van der Waals surface area contributed by atoms with Gasteiger partial charge >= 0.3 is 0 Å². The maximum absolute atomic E-state index is 3.60. The summed E-state index contributed by atoms with van der Waals surface area (Å²) in [5.41, 5.74) is 1.71. The van der Waals surface area contributed by atoms with E-state index in [0.717, 1.165) is 11.3 Å². The second-order valence-electron chi connectivity index (χ2n) is 2.79. The third-order valence-electron chi connectivity index (χ3n) is 1.79. The average Bonchev–Trinajstić information content (AvgIpc) is 1.87. The zero-order valence-electron chi connectivity index (χ0n) is 7.07. The first kappa shape index (κ1) is 9.39. The number of hydrogen-bond acceptors (Lipinski definition) is 1. The molecule has 0 aliphatic heterocycles. The highest BCUT2D eigenvalue weighted by molar-refractivity contribution is 6.14. The van der Waals surface area contributed by atoms with Crippen LogP contribution in [-0.4, -0.2) is 31.8 Å². The van der Waals surface area contributed by atoms with Crippen LogP contribution in [0.1, 0.15) is 26.7 Å². The summed E-state index contributed by atoms with van der Waals surface area (Å²) in [6.07, 6.45) is 2.62. The Hall–Kier alpha value is 0.394. The lowest BCUT2D eigenvalue weighted by atomic mass is 10.4. The molecule has 0 radical (unpaired) electrons. The predicted molar refractivity (Wildman–Crippen MR) is 51.2 cm³/mol. The van der Waals surface area contributed by atoms with Crippen molar-refractivity contribution in [1.29, 1.82) is 0 Å². The third-order valence-corrected chi connectivity index (χ3v) is 4.09. The van der Waals surface area contributed by atoms with E-state index < -0.39 is 0 Å². The van der Waals surface area contributed by atoms with Gasteiger partial charge in [-0.2, -0.15) is 0 Å². The summed E-state index contributed by atoms with van der Waals surface area (Å²) in [6, 6.07) is 0. The Kier molecular flexibility index (Phi) is 5.43. The normalized spacial score (nSPS) is 18.0. The fourth-order valence-electron chi connectivity index (χ4n) is 0.721. The SMILES string of the molecule is CCC([SiH3])NC([SiH3])CC. The second-order valence-corrected chi connectivity index (χ2v) is 5.57. The first-order valence-corrected chi connectivity index (χ1v) is 6.27. The maximum atomic E-state index is 3.60. The molecule has 0 aromatic heterocycles. The average molecular weight is 161 g/mol. The van der Waals surface area contributed by atoms with Crippen LogP contribution in [0, 0.1) is 0 Å². The molecule has 2 unspecified atom stereocenters. The van der Waals surface area contributed by atoms with Gasteiger partial charge in [-0.15, -0.1) is 0 Å². The summed E-state index contributed by atoms with van der Waals surface area (Å²) in [6.45, 7) is 4.52. The Morgan fingerprint density at radius 2 is 1.44 bits per heavy atom. The van der Waals surface area contributed by atoms with E-state index in [4.69, 9.17) is 0 Å². The van der Waals surface area contributed by atoms with Crippen molar-refractivity contribution < 1.29 is 0 Å². The van der Waals surface area contributed by atoms with Crippen molar-refractivity contribution in [2.75, 3.05) is 0 Å². The molecule has 2 atom stereocenters. The van der Waals surface area contributed by atoms with Crippen molar-refractivity contribution in [2.45, 2.75) is 38.0 Å². The summed E-state index contributed by atoms with van der Waals surface area (Å²) in [7, 11) is 2.61. The minimum absolute atomic E-state index is 0.854. The fourth-order valence-corrected chi connectivity index (χ4v) is 2.53. The van der Waals surface area contributed by atoms with Crippen LogP contribution in [0.15, 0.2) is 0 Å². The molecule has 9 heavy (non-hydrogen) atoms. The van der Waals surface area contributed by atoms with Crippen molar-refractivity contribution in [3.63, 3.8) is 0 Å². The molecule has 0 heterocycles. The molecule has 0 saturated heterocycles. The molecule has 1 N–H and O–H groups in total. The molecule has 0 bridgehead atoms. The van der Waals surface area contributed by atoms with Crippen LogP contribution in [0.25, 0.3) is 0 Å². The lowest BCUT2D eigenvalue weighted by Gasteiger charge is -2.16. The van der Waals surface area contributed by atoms with E-state index in [1.54, 1.807) is 0 Å². The lowest BCUT2D eigenvalue weighted by molar-refractivity contribution is 0.577. The Bertz CT molecular complexity index is 60.1. The van der Waals surface area contributed by atoms with Gasteiger partial charge in [0.2, 0.25) is 0 Å². The summed E-state index contributed by atoms with van der Waals surface area (Å²) < 4.78 is 0. The zero-order chi connectivity index (χ0) is 7.28. The molecule has 56 valence electrons. The largest absolute Gasteiger partial charge is 0.318 e. The molecule has 0 rings (SSSR count). The van der Waals surface area contributed by atoms with Crippen molar-refractivity contribution >= 4 is 20.5 Å². The number of nitrogens with one attached hydrogen (secondary N) is 1. The molecule has 0 fully saturated rings.